The fourth-order valence-electron chi connectivity index (χ4n) is 1.41. The molecule has 17 heavy (non-hydrogen) atoms. The summed E-state index contributed by atoms with van der Waals surface area (Å²) in [6, 6.07) is 0. The van der Waals surface area contributed by atoms with Crippen LogP contribution in [0.4, 0.5) is 5.82 Å². The summed E-state index contributed by atoms with van der Waals surface area (Å²) in [6.07, 6.45) is 4.69. The Kier molecular flexibility index (Phi) is 5.35. The Labute approximate surface area is 99.9 Å². The molecule has 1 heterocycles. The van der Waals surface area contributed by atoms with Crippen LogP contribution in [0.1, 0.15) is 30.3 Å². The summed E-state index contributed by atoms with van der Waals surface area (Å²) in [4.78, 5) is 20.4. The molecular weight excluding hydrogens is 222 g/mol. The predicted molar refractivity (Wildman–Crippen MR) is 63.2 cm³/mol. The van der Waals surface area contributed by atoms with E-state index in [1.807, 2.05) is 4.90 Å². The summed E-state index contributed by atoms with van der Waals surface area (Å²) in [5.74, 6) is -0.496. The highest BCUT2D eigenvalue weighted by Gasteiger charge is 2.09. The van der Waals surface area contributed by atoms with Crippen LogP contribution >= 0.6 is 0 Å². The van der Waals surface area contributed by atoms with Gasteiger partial charge in [-0.15, -0.1) is 0 Å². The normalized spacial score (nSPS) is 10.2. The van der Waals surface area contributed by atoms with Gasteiger partial charge in [-0.2, -0.15) is 0 Å². The number of rotatable bonds is 7. The van der Waals surface area contributed by atoms with E-state index in [0.29, 0.717) is 12.4 Å². The number of nitrogens with zero attached hydrogens (tertiary/aromatic N) is 3. The largest absolute Gasteiger partial charge is 0.476 e. The number of anilines is 1. The van der Waals surface area contributed by atoms with E-state index in [1.165, 1.54) is 12.4 Å². The first kappa shape index (κ1) is 13.4. The highest BCUT2D eigenvalue weighted by molar-refractivity contribution is 5.84. The molecule has 0 fully saturated rings. The lowest BCUT2D eigenvalue weighted by atomic mass is 10.3. The third kappa shape index (κ3) is 3.99. The molecule has 0 saturated heterocycles. The van der Waals surface area contributed by atoms with Crippen molar-refractivity contribution in [1.82, 2.24) is 9.97 Å². The van der Waals surface area contributed by atoms with Gasteiger partial charge >= 0.3 is 5.97 Å². The number of carboxylic acids is 1. The van der Waals surface area contributed by atoms with Crippen LogP contribution in [0, 0.1) is 0 Å². The zero-order valence-corrected chi connectivity index (χ0v) is 9.83. The molecule has 1 rings (SSSR count). The lowest BCUT2D eigenvalue weighted by molar-refractivity contribution is 0.0690. The number of aromatic carboxylic acids is 1. The monoisotopic (exact) mass is 239 g/mol. The Bertz CT molecular complexity index is 353. The van der Waals surface area contributed by atoms with Crippen molar-refractivity contribution in [3.05, 3.63) is 18.1 Å². The topological polar surface area (TPSA) is 86.5 Å². The van der Waals surface area contributed by atoms with Crippen molar-refractivity contribution in [2.75, 3.05) is 24.6 Å². The van der Waals surface area contributed by atoms with E-state index in [4.69, 9.17) is 10.2 Å². The molecule has 6 heteroatoms. The van der Waals surface area contributed by atoms with Gasteiger partial charge in [0.15, 0.2) is 5.69 Å². The van der Waals surface area contributed by atoms with Crippen LogP contribution in [0.5, 0.6) is 0 Å². The number of aliphatic hydroxyl groups excluding tert-OH is 1. The lowest BCUT2D eigenvalue weighted by Crippen LogP contribution is -2.28. The van der Waals surface area contributed by atoms with Crippen molar-refractivity contribution < 1.29 is 15.0 Å². The minimum atomic E-state index is -1.09. The first-order chi connectivity index (χ1) is 8.19. The van der Waals surface area contributed by atoms with E-state index in [-0.39, 0.29) is 12.3 Å². The molecule has 0 atom stereocenters. The molecule has 0 aromatic carbocycles. The summed E-state index contributed by atoms with van der Waals surface area (Å²) >= 11 is 0. The molecular formula is C11H17N3O3. The summed E-state index contributed by atoms with van der Waals surface area (Å²) in [7, 11) is 0. The molecule has 0 saturated carbocycles. The molecule has 1 aromatic rings. The summed E-state index contributed by atoms with van der Waals surface area (Å²) in [6.45, 7) is 3.36. The number of carboxylic acid groups (broad SMARTS) is 1. The maximum absolute atomic E-state index is 10.6. The van der Waals surface area contributed by atoms with Crippen LogP contribution in [-0.4, -0.2) is 45.8 Å². The van der Waals surface area contributed by atoms with Gasteiger partial charge in [0.2, 0.25) is 0 Å². The molecule has 0 aliphatic carbocycles. The number of aliphatic hydroxyl groups is 1. The number of aromatic nitrogens is 2. The van der Waals surface area contributed by atoms with E-state index in [2.05, 4.69) is 16.9 Å². The van der Waals surface area contributed by atoms with Crippen molar-refractivity contribution >= 4 is 11.8 Å². The minimum Gasteiger partial charge on any atom is -0.476 e. The third-order valence-corrected chi connectivity index (χ3v) is 2.33. The zero-order chi connectivity index (χ0) is 12.7. The van der Waals surface area contributed by atoms with Gasteiger partial charge in [0.05, 0.1) is 19.0 Å². The maximum Gasteiger partial charge on any atom is 0.356 e. The standard InChI is InChI=1S/C11H17N3O3/c1-2-3-4-14(5-6-15)10-8-12-9(7-13-10)11(16)17/h7-8,15H,2-6H2,1H3,(H,16,17). The highest BCUT2D eigenvalue weighted by atomic mass is 16.4. The van der Waals surface area contributed by atoms with Crippen LogP contribution in [0.2, 0.25) is 0 Å². The van der Waals surface area contributed by atoms with Crippen molar-refractivity contribution in [2.24, 2.45) is 0 Å². The van der Waals surface area contributed by atoms with Gasteiger partial charge in [-0.1, -0.05) is 13.3 Å². The van der Waals surface area contributed by atoms with E-state index < -0.39 is 5.97 Å². The SMILES string of the molecule is CCCCN(CCO)c1cnc(C(=O)O)cn1. The van der Waals surface area contributed by atoms with Crippen molar-refractivity contribution in [3.8, 4) is 0 Å². The van der Waals surface area contributed by atoms with E-state index in [0.717, 1.165) is 19.4 Å². The molecule has 0 spiro atoms. The van der Waals surface area contributed by atoms with Gasteiger partial charge in [-0.3, -0.25) is 0 Å². The van der Waals surface area contributed by atoms with Crippen molar-refractivity contribution in [3.63, 3.8) is 0 Å². The Balaban J connectivity index is 2.75. The quantitative estimate of drug-likeness (QED) is 0.731. The van der Waals surface area contributed by atoms with Gasteiger partial charge < -0.3 is 15.1 Å². The van der Waals surface area contributed by atoms with Crippen LogP contribution in [0.3, 0.4) is 0 Å². The number of unbranched alkanes of at least 4 members (excludes halogenated alkanes) is 1. The summed E-state index contributed by atoms with van der Waals surface area (Å²) < 4.78 is 0. The average molecular weight is 239 g/mol. The average Bonchev–Trinajstić information content (AvgIpc) is 2.34. The second-order valence-electron chi connectivity index (χ2n) is 3.63. The third-order valence-electron chi connectivity index (χ3n) is 2.33. The maximum atomic E-state index is 10.6. The number of hydrogen-bond donors (Lipinski definition) is 2. The van der Waals surface area contributed by atoms with Gasteiger partial charge in [0, 0.05) is 13.1 Å². The lowest BCUT2D eigenvalue weighted by Gasteiger charge is -2.21. The molecule has 0 aliphatic rings. The first-order valence-corrected chi connectivity index (χ1v) is 5.60. The van der Waals surface area contributed by atoms with Crippen LogP contribution < -0.4 is 4.90 Å². The highest BCUT2D eigenvalue weighted by Crippen LogP contribution is 2.09. The summed E-state index contributed by atoms with van der Waals surface area (Å²) in [5.41, 5.74) is -0.0758. The van der Waals surface area contributed by atoms with Gasteiger partial charge in [0.25, 0.3) is 0 Å². The molecule has 1 aromatic heterocycles. The smallest absolute Gasteiger partial charge is 0.356 e. The molecule has 2 N–H and O–H groups in total. The van der Waals surface area contributed by atoms with Gasteiger partial charge in [0.1, 0.15) is 5.82 Å². The van der Waals surface area contributed by atoms with Gasteiger partial charge in [-0.25, -0.2) is 14.8 Å². The van der Waals surface area contributed by atoms with E-state index >= 15 is 0 Å². The molecule has 0 amide bonds. The molecule has 6 nitrogen and oxygen atoms in total. The fourth-order valence-corrected chi connectivity index (χ4v) is 1.41. The van der Waals surface area contributed by atoms with E-state index in [9.17, 15) is 4.79 Å². The van der Waals surface area contributed by atoms with Gasteiger partial charge in [-0.05, 0) is 6.42 Å². The number of carbonyl (C=O) groups is 1. The Morgan fingerprint density at radius 2 is 2.12 bits per heavy atom. The molecule has 0 radical (unpaired) electrons. The molecule has 0 bridgehead atoms. The van der Waals surface area contributed by atoms with E-state index in [1.54, 1.807) is 0 Å². The van der Waals surface area contributed by atoms with Crippen LogP contribution in [-0.2, 0) is 0 Å². The number of hydrogen-bond acceptors (Lipinski definition) is 5. The fraction of sp³-hybridized carbons (Fsp3) is 0.545. The van der Waals surface area contributed by atoms with Crippen molar-refractivity contribution in [2.45, 2.75) is 19.8 Å². The second kappa shape index (κ2) is 6.80. The van der Waals surface area contributed by atoms with Crippen LogP contribution in [0.15, 0.2) is 12.4 Å². The predicted octanol–water partition coefficient (Wildman–Crippen LogP) is 0.774. The minimum absolute atomic E-state index is 0.0338. The van der Waals surface area contributed by atoms with Crippen LogP contribution in [0.25, 0.3) is 0 Å². The Morgan fingerprint density at radius 3 is 2.59 bits per heavy atom. The molecule has 0 aliphatic heterocycles. The first-order valence-electron chi connectivity index (χ1n) is 5.60. The second-order valence-corrected chi connectivity index (χ2v) is 3.63. The Hall–Kier alpha value is -1.69. The summed E-state index contributed by atoms with van der Waals surface area (Å²) in [5, 5.41) is 17.7. The molecule has 94 valence electrons. The molecule has 0 unspecified atom stereocenters. The Morgan fingerprint density at radius 1 is 1.35 bits per heavy atom. The zero-order valence-electron chi connectivity index (χ0n) is 9.83. The van der Waals surface area contributed by atoms with Crippen molar-refractivity contribution in [1.29, 1.82) is 0 Å².